The summed E-state index contributed by atoms with van der Waals surface area (Å²) >= 11 is 0. The summed E-state index contributed by atoms with van der Waals surface area (Å²) in [6.07, 6.45) is 4.32. The number of aryl methyl sites for hydroxylation is 1. The molecule has 1 aromatic rings. The SMILES string of the molecule is Cc1cccc(C(C(=O)NC2CCCCC2)N(CC#N)C(=O)C(C)NC(=O)OC(C)(C)C)c1. The van der Waals surface area contributed by atoms with Crippen molar-refractivity contribution in [1.82, 2.24) is 15.5 Å². The van der Waals surface area contributed by atoms with Gasteiger partial charge in [0.15, 0.2) is 0 Å². The zero-order valence-electron chi connectivity index (χ0n) is 20.3. The fourth-order valence-electron chi connectivity index (χ4n) is 4.01. The summed E-state index contributed by atoms with van der Waals surface area (Å²) in [6.45, 7) is 8.31. The van der Waals surface area contributed by atoms with Crippen LogP contribution in [0.5, 0.6) is 0 Å². The summed E-state index contributed by atoms with van der Waals surface area (Å²) < 4.78 is 5.24. The highest BCUT2D eigenvalue weighted by Gasteiger charge is 2.35. The van der Waals surface area contributed by atoms with Crippen LogP contribution in [0.1, 0.15) is 77.0 Å². The molecule has 0 radical (unpaired) electrons. The predicted octanol–water partition coefficient (Wildman–Crippen LogP) is 3.75. The number of nitrogens with zero attached hydrogens (tertiary/aromatic N) is 2. The summed E-state index contributed by atoms with van der Waals surface area (Å²) in [5, 5.41) is 15.1. The van der Waals surface area contributed by atoms with E-state index in [4.69, 9.17) is 4.74 Å². The van der Waals surface area contributed by atoms with E-state index in [-0.39, 0.29) is 18.5 Å². The lowest BCUT2D eigenvalue weighted by Crippen LogP contribution is -2.53. The number of carbonyl (C=O) groups is 3. The number of benzene rings is 1. The smallest absolute Gasteiger partial charge is 0.408 e. The molecule has 0 aromatic heterocycles. The quantitative estimate of drug-likeness (QED) is 0.607. The number of hydrogen-bond donors (Lipinski definition) is 2. The fourth-order valence-corrected chi connectivity index (χ4v) is 4.01. The van der Waals surface area contributed by atoms with Crippen molar-refractivity contribution in [2.24, 2.45) is 0 Å². The van der Waals surface area contributed by atoms with Crippen LogP contribution in [0.3, 0.4) is 0 Å². The van der Waals surface area contributed by atoms with E-state index in [1.54, 1.807) is 26.8 Å². The maximum Gasteiger partial charge on any atom is 0.408 e. The molecule has 2 N–H and O–H groups in total. The third kappa shape index (κ3) is 8.08. The van der Waals surface area contributed by atoms with Gasteiger partial charge in [-0.3, -0.25) is 9.59 Å². The summed E-state index contributed by atoms with van der Waals surface area (Å²) in [5.41, 5.74) is 0.840. The third-order valence-corrected chi connectivity index (χ3v) is 5.50. The summed E-state index contributed by atoms with van der Waals surface area (Å²) in [6, 6.07) is 7.43. The molecule has 1 aromatic carbocycles. The van der Waals surface area contributed by atoms with Gasteiger partial charge in [0.05, 0.1) is 6.07 Å². The Morgan fingerprint density at radius 3 is 2.45 bits per heavy atom. The van der Waals surface area contributed by atoms with E-state index in [0.29, 0.717) is 5.56 Å². The third-order valence-electron chi connectivity index (χ3n) is 5.50. The first-order valence-corrected chi connectivity index (χ1v) is 11.6. The first kappa shape index (κ1) is 26.2. The van der Waals surface area contributed by atoms with Crippen LogP contribution in [-0.4, -0.2) is 47.0 Å². The summed E-state index contributed by atoms with van der Waals surface area (Å²) in [4.78, 5) is 40.2. The van der Waals surface area contributed by atoms with Crippen LogP contribution >= 0.6 is 0 Å². The molecule has 1 aliphatic carbocycles. The minimum absolute atomic E-state index is 0.0508. The van der Waals surface area contributed by atoms with E-state index < -0.39 is 29.7 Å². The van der Waals surface area contributed by atoms with E-state index in [9.17, 15) is 19.6 Å². The van der Waals surface area contributed by atoms with E-state index in [1.807, 2.05) is 31.2 Å². The molecule has 2 atom stereocenters. The number of nitriles is 1. The van der Waals surface area contributed by atoms with E-state index in [1.165, 1.54) is 11.8 Å². The second-order valence-electron chi connectivity index (χ2n) is 9.65. The van der Waals surface area contributed by atoms with E-state index in [2.05, 4.69) is 10.6 Å². The molecule has 0 heterocycles. The van der Waals surface area contributed by atoms with Crippen LogP contribution < -0.4 is 10.6 Å². The van der Waals surface area contributed by atoms with Crippen molar-refractivity contribution in [1.29, 1.82) is 5.26 Å². The van der Waals surface area contributed by atoms with Crippen molar-refractivity contribution in [3.63, 3.8) is 0 Å². The molecule has 0 aliphatic heterocycles. The highest BCUT2D eigenvalue weighted by Crippen LogP contribution is 2.25. The normalized spacial score (nSPS) is 16.1. The second kappa shape index (κ2) is 11.7. The average Bonchev–Trinajstić information content (AvgIpc) is 2.72. The Morgan fingerprint density at radius 2 is 1.88 bits per heavy atom. The Balaban J connectivity index is 2.31. The molecule has 0 bridgehead atoms. The maximum atomic E-state index is 13.4. The van der Waals surface area contributed by atoms with Crippen molar-refractivity contribution >= 4 is 17.9 Å². The minimum atomic E-state index is -0.984. The van der Waals surface area contributed by atoms with Crippen molar-refractivity contribution in [2.45, 2.75) is 90.4 Å². The molecule has 1 aliphatic rings. The lowest BCUT2D eigenvalue weighted by molar-refractivity contribution is -0.141. The van der Waals surface area contributed by atoms with Gasteiger partial charge in [0.2, 0.25) is 11.8 Å². The standard InChI is InChI=1S/C25H36N4O4/c1-17-10-9-11-19(16-17)21(22(30)28-20-12-7-6-8-13-20)29(15-14-26)23(31)18(2)27-24(32)33-25(3,4)5/h9-11,16,18,20-21H,6-8,12-13,15H2,1-5H3,(H,27,32)(H,28,30). The van der Waals surface area contributed by atoms with Crippen molar-refractivity contribution in [2.75, 3.05) is 6.54 Å². The number of ether oxygens (including phenoxy) is 1. The molecule has 1 saturated carbocycles. The Kier molecular flexibility index (Phi) is 9.27. The van der Waals surface area contributed by atoms with Gasteiger partial charge in [0.25, 0.3) is 0 Å². The number of amides is 3. The van der Waals surface area contributed by atoms with Gasteiger partial charge in [-0.15, -0.1) is 0 Å². The van der Waals surface area contributed by atoms with Gasteiger partial charge in [-0.2, -0.15) is 5.26 Å². The molecule has 1 fully saturated rings. The molecular formula is C25H36N4O4. The topological polar surface area (TPSA) is 112 Å². The molecule has 2 rings (SSSR count). The molecular weight excluding hydrogens is 420 g/mol. The molecule has 33 heavy (non-hydrogen) atoms. The monoisotopic (exact) mass is 456 g/mol. The Morgan fingerprint density at radius 1 is 1.21 bits per heavy atom. The predicted molar refractivity (Wildman–Crippen MR) is 125 cm³/mol. The first-order chi connectivity index (χ1) is 15.5. The number of nitrogens with one attached hydrogen (secondary N) is 2. The molecule has 2 unspecified atom stereocenters. The molecule has 3 amide bonds. The zero-order chi connectivity index (χ0) is 24.6. The molecule has 0 saturated heterocycles. The summed E-state index contributed by atoms with van der Waals surface area (Å²) in [5.74, 6) is -0.853. The van der Waals surface area contributed by atoms with Gasteiger partial charge < -0.3 is 20.3 Å². The van der Waals surface area contributed by atoms with Crippen LogP contribution in [0.15, 0.2) is 24.3 Å². The number of alkyl carbamates (subject to hydrolysis) is 1. The van der Waals surface area contributed by atoms with Crippen LogP contribution in [-0.2, 0) is 14.3 Å². The minimum Gasteiger partial charge on any atom is -0.444 e. The van der Waals surface area contributed by atoms with Crippen LogP contribution in [0, 0.1) is 18.3 Å². The molecule has 8 nitrogen and oxygen atoms in total. The molecule has 0 spiro atoms. The van der Waals surface area contributed by atoms with Crippen LogP contribution in [0.4, 0.5) is 4.79 Å². The second-order valence-corrected chi connectivity index (χ2v) is 9.65. The molecule has 180 valence electrons. The lowest BCUT2D eigenvalue weighted by Gasteiger charge is -2.33. The number of hydrogen-bond acceptors (Lipinski definition) is 5. The van der Waals surface area contributed by atoms with Gasteiger partial charge in [-0.1, -0.05) is 49.1 Å². The highest BCUT2D eigenvalue weighted by molar-refractivity contribution is 5.92. The first-order valence-electron chi connectivity index (χ1n) is 11.6. The van der Waals surface area contributed by atoms with Crippen LogP contribution in [0.25, 0.3) is 0 Å². The lowest BCUT2D eigenvalue weighted by atomic mass is 9.94. The van der Waals surface area contributed by atoms with E-state index >= 15 is 0 Å². The van der Waals surface area contributed by atoms with Crippen molar-refractivity contribution < 1.29 is 19.1 Å². The largest absolute Gasteiger partial charge is 0.444 e. The number of rotatable bonds is 7. The van der Waals surface area contributed by atoms with Gasteiger partial charge >= 0.3 is 6.09 Å². The molecule has 8 heteroatoms. The van der Waals surface area contributed by atoms with Crippen molar-refractivity contribution in [3.8, 4) is 6.07 Å². The average molecular weight is 457 g/mol. The summed E-state index contributed by atoms with van der Waals surface area (Å²) in [7, 11) is 0. The Hall–Kier alpha value is -3.08. The van der Waals surface area contributed by atoms with Crippen LogP contribution in [0.2, 0.25) is 0 Å². The van der Waals surface area contributed by atoms with Gasteiger partial charge in [0, 0.05) is 6.04 Å². The highest BCUT2D eigenvalue weighted by atomic mass is 16.6. The Bertz CT molecular complexity index is 881. The van der Waals surface area contributed by atoms with Crippen molar-refractivity contribution in [3.05, 3.63) is 35.4 Å². The van der Waals surface area contributed by atoms with Gasteiger partial charge in [0.1, 0.15) is 24.2 Å². The maximum absolute atomic E-state index is 13.4. The Labute approximate surface area is 196 Å². The number of carbonyl (C=O) groups excluding carboxylic acids is 3. The van der Waals surface area contributed by atoms with Gasteiger partial charge in [-0.05, 0) is 53.0 Å². The zero-order valence-corrected chi connectivity index (χ0v) is 20.3. The fraction of sp³-hybridized carbons (Fsp3) is 0.600. The van der Waals surface area contributed by atoms with Gasteiger partial charge in [-0.25, -0.2) is 4.79 Å². The van der Waals surface area contributed by atoms with E-state index in [0.717, 1.165) is 37.7 Å².